The minimum Gasteiger partial charge on any atom is -0.344 e. The molecular weight excluding hydrogens is 759 g/mol. The van der Waals surface area contributed by atoms with Crippen molar-refractivity contribution in [2.45, 2.75) is 6.17 Å². The van der Waals surface area contributed by atoms with E-state index in [0.29, 0.717) is 0 Å². The van der Waals surface area contributed by atoms with Gasteiger partial charge in [0.15, 0.2) is 5.84 Å². The highest BCUT2D eigenvalue weighted by Crippen LogP contribution is 2.41. The summed E-state index contributed by atoms with van der Waals surface area (Å²) in [5.74, 6) is 1.52. The van der Waals surface area contributed by atoms with E-state index in [-0.39, 0.29) is 6.17 Å². The van der Waals surface area contributed by atoms with E-state index in [0.717, 1.165) is 33.9 Å². The summed E-state index contributed by atoms with van der Waals surface area (Å²) in [6.45, 7) is 0. The van der Waals surface area contributed by atoms with E-state index >= 15 is 0 Å². The summed E-state index contributed by atoms with van der Waals surface area (Å²) in [4.78, 5) is 10.6. The van der Waals surface area contributed by atoms with Gasteiger partial charge in [-0.15, -0.1) is 11.3 Å². The molecule has 4 heteroatoms. The summed E-state index contributed by atoms with van der Waals surface area (Å²) >= 11 is 1.82. The van der Waals surface area contributed by atoms with Crippen LogP contribution in [0, 0.1) is 0 Å². The Kier molecular flexibility index (Phi) is 9.45. The van der Waals surface area contributed by atoms with Crippen LogP contribution >= 0.6 is 11.3 Å². The van der Waals surface area contributed by atoms with E-state index in [1.165, 1.54) is 70.2 Å². The van der Waals surface area contributed by atoms with Gasteiger partial charge in [0.2, 0.25) is 0 Å². The maximum atomic E-state index is 5.32. The average Bonchev–Trinajstić information content (AvgIpc) is 3.73. The van der Waals surface area contributed by atoms with Crippen LogP contribution in [0.2, 0.25) is 0 Å². The second-order valence-electron chi connectivity index (χ2n) is 15.4. The molecule has 9 aromatic carbocycles. The Morgan fingerprint density at radius 1 is 0.361 bits per heavy atom. The third-order valence-corrected chi connectivity index (χ3v) is 12.7. The lowest BCUT2D eigenvalue weighted by Crippen LogP contribution is -2.33. The minimum absolute atomic E-state index is 0.299. The predicted molar refractivity (Wildman–Crippen MR) is 258 cm³/mol. The molecule has 0 fully saturated rings. The van der Waals surface area contributed by atoms with E-state index < -0.39 is 0 Å². The van der Waals surface area contributed by atoms with Gasteiger partial charge in [-0.1, -0.05) is 194 Å². The van der Waals surface area contributed by atoms with E-state index in [1.54, 1.807) is 0 Å². The number of benzene rings is 9. The number of nitrogens with one attached hydrogen (secondary N) is 1. The van der Waals surface area contributed by atoms with Gasteiger partial charge in [0, 0.05) is 31.3 Å². The molecule has 1 aliphatic heterocycles. The SMILES string of the molecule is c1ccc(-c2ccc(-c3ccccc3-c3cccc(-c4ccc5sc6cccc(C7=NC(c8ccccc8)NC(c8cccc(-c9ccccc9)c8)=N7)c6c5c4)c3)cc2)cc1. The molecule has 0 saturated carbocycles. The first-order valence-corrected chi connectivity index (χ1v) is 21.5. The van der Waals surface area contributed by atoms with E-state index in [4.69, 9.17) is 9.98 Å². The normalized spacial score (nSPS) is 13.7. The second-order valence-corrected chi connectivity index (χ2v) is 16.5. The van der Waals surface area contributed by atoms with Gasteiger partial charge in [0.25, 0.3) is 0 Å². The molecule has 1 aliphatic rings. The molecule has 0 spiro atoms. The quantitative estimate of drug-likeness (QED) is 0.163. The number of rotatable bonds is 8. The molecule has 0 bridgehead atoms. The first-order chi connectivity index (χ1) is 30.2. The molecule has 61 heavy (non-hydrogen) atoms. The molecule has 11 rings (SSSR count). The van der Waals surface area contributed by atoms with Gasteiger partial charge in [0.1, 0.15) is 12.0 Å². The Balaban J connectivity index is 0.988. The molecule has 288 valence electrons. The minimum atomic E-state index is -0.299. The Bertz CT molecular complexity index is 3260. The third kappa shape index (κ3) is 7.14. The average molecular weight is 798 g/mol. The van der Waals surface area contributed by atoms with Gasteiger partial charge in [-0.25, -0.2) is 9.98 Å². The largest absolute Gasteiger partial charge is 0.344 e. The van der Waals surface area contributed by atoms with Crippen molar-refractivity contribution in [2.75, 3.05) is 0 Å². The lowest BCUT2D eigenvalue weighted by molar-refractivity contribution is 0.674. The van der Waals surface area contributed by atoms with Crippen molar-refractivity contribution < 1.29 is 0 Å². The van der Waals surface area contributed by atoms with Gasteiger partial charge < -0.3 is 5.32 Å². The van der Waals surface area contributed by atoms with E-state index in [1.807, 2.05) is 17.4 Å². The fraction of sp³-hybridized carbons (Fsp3) is 0.0175. The van der Waals surface area contributed by atoms with Gasteiger partial charge in [-0.3, -0.25) is 0 Å². The van der Waals surface area contributed by atoms with Crippen molar-refractivity contribution >= 4 is 43.2 Å². The zero-order chi connectivity index (χ0) is 40.5. The van der Waals surface area contributed by atoms with Crippen LogP contribution in [0.3, 0.4) is 0 Å². The number of aliphatic imine (C=N–C) groups is 2. The smallest absolute Gasteiger partial charge is 0.160 e. The van der Waals surface area contributed by atoms with Crippen LogP contribution in [-0.2, 0) is 0 Å². The number of thiophene rings is 1. The Labute approximate surface area is 359 Å². The van der Waals surface area contributed by atoms with E-state index in [9.17, 15) is 0 Å². The molecule has 1 N–H and O–H groups in total. The summed E-state index contributed by atoms with van der Waals surface area (Å²) in [6.07, 6.45) is -0.299. The molecule has 3 nitrogen and oxygen atoms in total. The van der Waals surface area contributed by atoms with Crippen LogP contribution in [0.4, 0.5) is 0 Å². The molecule has 2 heterocycles. The number of fused-ring (bicyclic) bond motifs is 3. The molecule has 1 unspecified atom stereocenters. The number of nitrogens with zero attached hydrogens (tertiary/aromatic N) is 2. The Morgan fingerprint density at radius 3 is 1.59 bits per heavy atom. The van der Waals surface area contributed by atoms with Crippen LogP contribution in [0.25, 0.3) is 75.8 Å². The molecule has 0 aliphatic carbocycles. The fourth-order valence-electron chi connectivity index (χ4n) is 8.52. The molecule has 10 aromatic rings. The number of amidine groups is 2. The van der Waals surface area contributed by atoms with E-state index in [2.05, 4.69) is 224 Å². The monoisotopic (exact) mass is 797 g/mol. The van der Waals surface area contributed by atoms with Crippen molar-refractivity contribution in [2.24, 2.45) is 9.98 Å². The van der Waals surface area contributed by atoms with Crippen molar-refractivity contribution in [1.29, 1.82) is 0 Å². The van der Waals surface area contributed by atoms with Crippen molar-refractivity contribution in [1.82, 2.24) is 5.32 Å². The van der Waals surface area contributed by atoms with Crippen LogP contribution < -0.4 is 5.32 Å². The second kappa shape index (κ2) is 15.8. The van der Waals surface area contributed by atoms with Crippen LogP contribution in [-0.4, -0.2) is 11.7 Å². The molecule has 1 aromatic heterocycles. The van der Waals surface area contributed by atoms with Gasteiger partial charge in [-0.05, 0) is 91.5 Å². The Morgan fingerprint density at radius 2 is 0.852 bits per heavy atom. The summed E-state index contributed by atoms with van der Waals surface area (Å²) in [5.41, 5.74) is 15.0. The number of hydrogen-bond donors (Lipinski definition) is 1. The molecular formula is C57H39N3S. The maximum Gasteiger partial charge on any atom is 0.160 e. The standard InChI is InChI=1S/C57H39N3S/c1-4-15-38(16-5-1)40-29-31-41(32-30-40)48-25-10-11-26-49(48)46-23-12-22-44(35-46)45-33-34-52-51(37-45)54-50(27-14-28-53(54)61-52)57-59-55(42-19-8-3-9-20-42)58-56(60-57)47-24-13-21-43(36-47)39-17-6-2-7-18-39/h1-37,55H,(H,58,59,60). The van der Waals surface area contributed by atoms with Crippen LogP contribution in [0.1, 0.15) is 22.9 Å². The molecule has 1 atom stereocenters. The van der Waals surface area contributed by atoms with Gasteiger partial charge >= 0.3 is 0 Å². The molecule has 0 saturated heterocycles. The van der Waals surface area contributed by atoms with Crippen molar-refractivity contribution in [3.8, 4) is 55.6 Å². The summed E-state index contributed by atoms with van der Waals surface area (Å²) in [5, 5.41) is 6.07. The van der Waals surface area contributed by atoms with Crippen LogP contribution in [0.15, 0.2) is 234 Å². The predicted octanol–water partition coefficient (Wildman–Crippen LogP) is 14.9. The zero-order valence-corrected chi connectivity index (χ0v) is 34.1. The highest BCUT2D eigenvalue weighted by atomic mass is 32.1. The van der Waals surface area contributed by atoms with Crippen molar-refractivity contribution in [3.63, 3.8) is 0 Å². The third-order valence-electron chi connectivity index (χ3n) is 11.6. The fourth-order valence-corrected chi connectivity index (χ4v) is 9.63. The molecule has 0 radical (unpaired) electrons. The van der Waals surface area contributed by atoms with Gasteiger partial charge in [0.05, 0.1) is 0 Å². The van der Waals surface area contributed by atoms with Gasteiger partial charge in [-0.2, -0.15) is 0 Å². The Hall–Kier alpha value is -7.66. The van der Waals surface area contributed by atoms with Crippen LogP contribution in [0.5, 0.6) is 0 Å². The topological polar surface area (TPSA) is 36.8 Å². The first-order valence-electron chi connectivity index (χ1n) is 20.7. The summed E-state index contributed by atoms with van der Waals surface area (Å²) < 4.78 is 2.45. The lowest BCUT2D eigenvalue weighted by atomic mass is 9.91. The maximum absolute atomic E-state index is 5.32. The molecule has 0 amide bonds. The highest BCUT2D eigenvalue weighted by Gasteiger charge is 2.23. The lowest BCUT2D eigenvalue weighted by Gasteiger charge is -2.24. The van der Waals surface area contributed by atoms with Crippen molar-refractivity contribution in [3.05, 3.63) is 241 Å². The first kappa shape index (κ1) is 36.4. The highest BCUT2D eigenvalue weighted by molar-refractivity contribution is 7.25. The number of hydrogen-bond acceptors (Lipinski definition) is 4. The summed E-state index contributed by atoms with van der Waals surface area (Å²) in [7, 11) is 0. The summed E-state index contributed by atoms with van der Waals surface area (Å²) in [6, 6.07) is 80.1. The zero-order valence-electron chi connectivity index (χ0n) is 33.2.